The summed E-state index contributed by atoms with van der Waals surface area (Å²) < 4.78 is 7.63. The average molecular weight is 505 g/mol. The third kappa shape index (κ3) is 5.01. The van der Waals surface area contributed by atoms with Crippen LogP contribution in [-0.2, 0) is 17.6 Å². The van der Waals surface area contributed by atoms with Crippen LogP contribution in [0, 0.1) is 6.92 Å². The van der Waals surface area contributed by atoms with Crippen LogP contribution in [0.3, 0.4) is 0 Å². The average Bonchev–Trinajstić information content (AvgIpc) is 3.19. The van der Waals surface area contributed by atoms with Gasteiger partial charge in [-0.1, -0.05) is 41.5 Å². The molecule has 37 heavy (non-hydrogen) atoms. The van der Waals surface area contributed by atoms with Crippen molar-refractivity contribution in [2.75, 3.05) is 0 Å². The third-order valence-electron chi connectivity index (χ3n) is 6.52. The second-order valence-corrected chi connectivity index (χ2v) is 8.85. The van der Waals surface area contributed by atoms with Gasteiger partial charge in [0.15, 0.2) is 0 Å². The van der Waals surface area contributed by atoms with Crippen molar-refractivity contribution in [2.45, 2.75) is 44.1 Å². The van der Waals surface area contributed by atoms with Crippen molar-refractivity contribution in [2.24, 2.45) is 5.11 Å². The standard InChI is InChI=1S/C25H23N5O7/c1-14-13-30(24(36)27-21(14)31)20-10-19(28-29-26)25(37-20,11-15-6-2-4-8-17(15)22(32)33)12-16-7-3-5-9-18(16)23(34)35/h2-9,13,19-20H,10-12H2,1H3,(H,32,33)(H,34,35)(H,27,31,36)/t19-,20+/m0/s1. The Morgan fingerprint density at radius 3 is 2.14 bits per heavy atom. The zero-order valence-electron chi connectivity index (χ0n) is 19.7. The van der Waals surface area contributed by atoms with Gasteiger partial charge in [-0.2, -0.15) is 0 Å². The van der Waals surface area contributed by atoms with E-state index in [4.69, 9.17) is 4.74 Å². The van der Waals surface area contributed by atoms with Gasteiger partial charge in [0.2, 0.25) is 0 Å². The van der Waals surface area contributed by atoms with Gasteiger partial charge < -0.3 is 14.9 Å². The second kappa shape index (κ2) is 10.1. The summed E-state index contributed by atoms with van der Waals surface area (Å²) in [4.78, 5) is 53.6. The van der Waals surface area contributed by atoms with Crippen LogP contribution in [0.5, 0.6) is 0 Å². The quantitative estimate of drug-likeness (QED) is 0.238. The molecule has 0 amide bonds. The van der Waals surface area contributed by atoms with Crippen LogP contribution >= 0.6 is 0 Å². The molecule has 3 aromatic rings. The first-order valence-corrected chi connectivity index (χ1v) is 11.3. The first-order chi connectivity index (χ1) is 17.6. The second-order valence-electron chi connectivity index (χ2n) is 8.85. The number of hydrogen-bond acceptors (Lipinski definition) is 6. The molecule has 0 radical (unpaired) electrons. The van der Waals surface area contributed by atoms with Crippen molar-refractivity contribution in [1.29, 1.82) is 0 Å². The summed E-state index contributed by atoms with van der Waals surface area (Å²) in [5.74, 6) is -2.34. The first kappa shape index (κ1) is 25.4. The minimum Gasteiger partial charge on any atom is -0.478 e. The molecule has 3 N–H and O–H groups in total. The fourth-order valence-corrected chi connectivity index (χ4v) is 4.78. The van der Waals surface area contributed by atoms with Gasteiger partial charge in [0, 0.05) is 35.9 Å². The summed E-state index contributed by atoms with van der Waals surface area (Å²) in [6.07, 6.45) is 0.278. The van der Waals surface area contributed by atoms with E-state index in [1.54, 1.807) is 36.4 Å². The van der Waals surface area contributed by atoms with Crippen molar-refractivity contribution in [3.05, 3.63) is 114 Å². The minimum absolute atomic E-state index is 0.0113. The maximum atomic E-state index is 12.6. The van der Waals surface area contributed by atoms with E-state index in [1.165, 1.54) is 29.8 Å². The van der Waals surface area contributed by atoms with Crippen LogP contribution in [0.2, 0.25) is 0 Å². The lowest BCUT2D eigenvalue weighted by Crippen LogP contribution is -2.44. The molecule has 0 bridgehead atoms. The molecule has 0 aliphatic carbocycles. The van der Waals surface area contributed by atoms with Gasteiger partial charge in [-0.15, -0.1) is 0 Å². The Morgan fingerprint density at radius 2 is 1.62 bits per heavy atom. The van der Waals surface area contributed by atoms with Crippen molar-refractivity contribution in [1.82, 2.24) is 9.55 Å². The number of benzene rings is 2. The highest BCUT2D eigenvalue weighted by Crippen LogP contribution is 2.43. The molecule has 12 heteroatoms. The number of hydrogen-bond donors (Lipinski definition) is 3. The van der Waals surface area contributed by atoms with E-state index in [2.05, 4.69) is 15.0 Å². The molecule has 1 fully saturated rings. The zero-order valence-corrected chi connectivity index (χ0v) is 19.7. The van der Waals surface area contributed by atoms with E-state index in [0.717, 1.165) is 0 Å². The molecular formula is C25H23N5O7. The number of aromatic carboxylic acids is 2. The Balaban J connectivity index is 1.89. The normalized spacial score (nSPS) is 18.2. The summed E-state index contributed by atoms with van der Waals surface area (Å²) in [6, 6.07) is 11.6. The molecule has 2 atom stereocenters. The van der Waals surface area contributed by atoms with Gasteiger partial charge in [0.05, 0.1) is 22.8 Å². The number of azide groups is 1. The lowest BCUT2D eigenvalue weighted by atomic mass is 9.80. The molecule has 0 unspecified atom stereocenters. The van der Waals surface area contributed by atoms with E-state index < -0.39 is 41.1 Å². The maximum absolute atomic E-state index is 12.6. The smallest absolute Gasteiger partial charge is 0.335 e. The van der Waals surface area contributed by atoms with Crippen LogP contribution in [0.15, 0.2) is 69.4 Å². The van der Waals surface area contributed by atoms with Gasteiger partial charge in [0.25, 0.3) is 5.56 Å². The number of nitrogens with zero attached hydrogens (tertiary/aromatic N) is 4. The molecule has 1 aliphatic rings. The Morgan fingerprint density at radius 1 is 1.08 bits per heavy atom. The predicted molar refractivity (Wildman–Crippen MR) is 131 cm³/mol. The van der Waals surface area contributed by atoms with E-state index >= 15 is 0 Å². The zero-order chi connectivity index (χ0) is 26.7. The molecule has 190 valence electrons. The first-order valence-electron chi connectivity index (χ1n) is 11.3. The number of carbonyl (C=O) groups is 2. The van der Waals surface area contributed by atoms with Crippen molar-refractivity contribution >= 4 is 11.9 Å². The summed E-state index contributed by atoms with van der Waals surface area (Å²) in [5, 5.41) is 23.4. The SMILES string of the molecule is Cc1cn([C@H]2C[C@H](N=[N+]=[N-])C(Cc3ccccc3C(=O)O)(Cc3ccccc3C(=O)O)O2)c(=O)[nH]c1=O. The minimum atomic E-state index is -1.42. The largest absolute Gasteiger partial charge is 0.478 e. The van der Waals surface area contributed by atoms with Crippen LogP contribution < -0.4 is 11.2 Å². The highest BCUT2D eigenvalue weighted by Gasteiger charge is 2.50. The van der Waals surface area contributed by atoms with Gasteiger partial charge >= 0.3 is 17.6 Å². The number of aromatic amines is 1. The molecule has 0 spiro atoms. The molecule has 2 heterocycles. The number of rotatable bonds is 8. The van der Waals surface area contributed by atoms with Gasteiger partial charge in [-0.25, -0.2) is 14.4 Å². The molecule has 2 aromatic carbocycles. The predicted octanol–water partition coefficient (Wildman–Crippen LogP) is 3.06. The fourth-order valence-electron chi connectivity index (χ4n) is 4.78. The number of carboxylic acid groups (broad SMARTS) is 2. The summed E-state index contributed by atoms with van der Waals surface area (Å²) in [5.41, 5.74) is 7.71. The van der Waals surface area contributed by atoms with Crippen LogP contribution in [0.25, 0.3) is 10.4 Å². The Labute approximate surface area is 209 Å². The van der Waals surface area contributed by atoms with Gasteiger partial charge in [-0.3, -0.25) is 14.3 Å². The Hall–Kier alpha value is -4.67. The van der Waals surface area contributed by atoms with Crippen LogP contribution in [-0.4, -0.2) is 43.3 Å². The maximum Gasteiger partial charge on any atom is 0.335 e. The molecule has 12 nitrogen and oxygen atoms in total. The van der Waals surface area contributed by atoms with Crippen molar-refractivity contribution in [3.63, 3.8) is 0 Å². The highest BCUT2D eigenvalue weighted by atomic mass is 16.5. The third-order valence-corrected chi connectivity index (χ3v) is 6.52. The number of aryl methyl sites for hydroxylation is 1. The van der Waals surface area contributed by atoms with Crippen LogP contribution in [0.1, 0.15) is 50.1 Å². The lowest BCUT2D eigenvalue weighted by Gasteiger charge is -2.34. The number of carboxylic acids is 2. The highest BCUT2D eigenvalue weighted by molar-refractivity contribution is 5.90. The van der Waals surface area contributed by atoms with E-state index in [1.807, 2.05) is 0 Å². The summed E-state index contributed by atoms with van der Waals surface area (Å²) in [6.45, 7) is 1.52. The van der Waals surface area contributed by atoms with Gasteiger partial charge in [0.1, 0.15) is 6.23 Å². The van der Waals surface area contributed by atoms with E-state index in [0.29, 0.717) is 11.1 Å². The lowest BCUT2D eigenvalue weighted by molar-refractivity contribution is -0.0773. The fraction of sp³-hybridized carbons (Fsp3) is 0.280. The Bertz CT molecular complexity index is 1480. The van der Waals surface area contributed by atoms with Crippen LogP contribution in [0.4, 0.5) is 0 Å². The van der Waals surface area contributed by atoms with E-state index in [9.17, 15) is 34.9 Å². The number of ether oxygens (including phenoxy) is 1. The number of nitrogens with one attached hydrogen (secondary N) is 1. The molecular weight excluding hydrogens is 482 g/mol. The van der Waals surface area contributed by atoms with Gasteiger partial charge in [-0.05, 0) is 35.7 Å². The van der Waals surface area contributed by atoms with E-state index in [-0.39, 0.29) is 36.0 Å². The topological polar surface area (TPSA) is 187 Å². The monoisotopic (exact) mass is 505 g/mol. The number of H-pyrrole nitrogens is 1. The molecule has 4 rings (SSSR count). The molecule has 1 aliphatic heterocycles. The molecule has 1 saturated heterocycles. The number of aromatic nitrogens is 2. The Kier molecular flexibility index (Phi) is 6.96. The molecule has 1 aromatic heterocycles. The molecule has 0 saturated carbocycles. The summed E-state index contributed by atoms with van der Waals surface area (Å²) in [7, 11) is 0. The van der Waals surface area contributed by atoms with Crippen molar-refractivity contribution in [3.8, 4) is 0 Å². The summed E-state index contributed by atoms with van der Waals surface area (Å²) >= 11 is 0. The van der Waals surface area contributed by atoms with Crippen molar-refractivity contribution < 1.29 is 24.5 Å².